The molecule has 1 aromatic carbocycles. The number of aliphatic hydroxyl groups is 3. The van der Waals surface area contributed by atoms with E-state index < -0.39 is 30.0 Å². The zero-order valence-corrected chi connectivity index (χ0v) is 11.3. The summed E-state index contributed by atoms with van der Waals surface area (Å²) in [5, 5.41) is 40.9. The van der Waals surface area contributed by atoms with E-state index in [4.69, 9.17) is 4.74 Å². The summed E-state index contributed by atoms with van der Waals surface area (Å²) in [5.74, 6) is -3.06. The van der Waals surface area contributed by atoms with Gasteiger partial charge in [-0.25, -0.2) is 0 Å². The van der Waals surface area contributed by atoms with Crippen LogP contribution in [0.4, 0.5) is 0 Å². The van der Waals surface area contributed by atoms with Crippen molar-refractivity contribution in [3.63, 3.8) is 0 Å². The zero-order valence-electron chi connectivity index (χ0n) is 11.3. The fourth-order valence-corrected chi connectivity index (χ4v) is 2.23. The highest BCUT2D eigenvalue weighted by Gasteiger charge is 2.47. The van der Waals surface area contributed by atoms with Crippen molar-refractivity contribution >= 4 is 5.97 Å². The number of aliphatic carboxylic acids is 1. The van der Waals surface area contributed by atoms with Gasteiger partial charge in [-0.3, -0.25) is 10.1 Å². The van der Waals surface area contributed by atoms with Crippen molar-refractivity contribution in [2.75, 3.05) is 13.2 Å². The molecule has 0 saturated carbocycles. The summed E-state index contributed by atoms with van der Waals surface area (Å²) < 4.78 is 4.95. The average molecular weight is 297 g/mol. The van der Waals surface area contributed by atoms with Crippen LogP contribution in [0, 0.1) is 0 Å². The lowest BCUT2D eigenvalue weighted by atomic mass is 10.0. The Morgan fingerprint density at radius 1 is 1.38 bits per heavy atom. The Hall–Kier alpha value is -1.51. The molecule has 2 rings (SSSR count). The molecule has 116 valence electrons. The SMILES string of the molecule is O=C(O)[C@@H](Cc1ccccc1)NCC1(O)OCC(O)C1O. The standard InChI is InChI=1S/C14H19NO6/c16-11-7-21-14(20,12(11)17)8-15-10(13(18)19)6-9-4-2-1-3-5-9/h1-5,10-12,15-17,20H,6-8H2,(H,18,19)/t10-,11?,12?,14?/m1/s1. The summed E-state index contributed by atoms with van der Waals surface area (Å²) in [5.41, 5.74) is 0.831. The smallest absolute Gasteiger partial charge is 0.321 e. The first-order valence-electron chi connectivity index (χ1n) is 6.65. The Bertz CT molecular complexity index is 482. The summed E-state index contributed by atoms with van der Waals surface area (Å²) in [6.45, 7) is -0.495. The molecule has 0 spiro atoms. The Morgan fingerprint density at radius 2 is 2.05 bits per heavy atom. The maximum atomic E-state index is 11.3. The summed E-state index contributed by atoms with van der Waals surface area (Å²) >= 11 is 0. The van der Waals surface area contributed by atoms with Crippen molar-refractivity contribution in [2.45, 2.75) is 30.5 Å². The highest BCUT2D eigenvalue weighted by Crippen LogP contribution is 2.23. The lowest BCUT2D eigenvalue weighted by molar-refractivity contribution is -0.212. The van der Waals surface area contributed by atoms with Gasteiger partial charge in [-0.15, -0.1) is 0 Å². The van der Waals surface area contributed by atoms with E-state index in [1.54, 1.807) is 12.1 Å². The minimum absolute atomic E-state index is 0.199. The van der Waals surface area contributed by atoms with Gasteiger partial charge in [0, 0.05) is 0 Å². The molecular weight excluding hydrogens is 278 g/mol. The molecule has 1 fully saturated rings. The molecule has 0 amide bonds. The predicted octanol–water partition coefficient (Wildman–Crippen LogP) is -1.29. The van der Waals surface area contributed by atoms with Gasteiger partial charge in [-0.1, -0.05) is 30.3 Å². The first-order chi connectivity index (χ1) is 9.92. The van der Waals surface area contributed by atoms with Crippen LogP contribution in [-0.2, 0) is 16.0 Å². The second kappa shape index (κ2) is 6.50. The van der Waals surface area contributed by atoms with E-state index in [2.05, 4.69) is 5.32 Å². The molecule has 1 aliphatic heterocycles. The fraction of sp³-hybridized carbons (Fsp3) is 0.500. The van der Waals surface area contributed by atoms with Crippen LogP contribution in [0.1, 0.15) is 5.56 Å². The number of carbonyl (C=O) groups is 1. The number of hydrogen-bond donors (Lipinski definition) is 5. The van der Waals surface area contributed by atoms with Gasteiger partial charge in [0.15, 0.2) is 0 Å². The van der Waals surface area contributed by atoms with Crippen LogP contribution in [0.5, 0.6) is 0 Å². The van der Waals surface area contributed by atoms with Gasteiger partial charge in [0.2, 0.25) is 5.79 Å². The van der Waals surface area contributed by atoms with Gasteiger partial charge >= 0.3 is 5.97 Å². The van der Waals surface area contributed by atoms with Crippen LogP contribution in [0.3, 0.4) is 0 Å². The average Bonchev–Trinajstić information content (AvgIpc) is 2.73. The number of carboxylic acid groups (broad SMARTS) is 1. The highest BCUT2D eigenvalue weighted by molar-refractivity contribution is 5.73. The highest BCUT2D eigenvalue weighted by atomic mass is 16.7. The minimum Gasteiger partial charge on any atom is -0.480 e. The number of aliphatic hydroxyl groups excluding tert-OH is 2. The minimum atomic E-state index is -1.98. The number of carboxylic acids is 1. The number of hydrogen-bond acceptors (Lipinski definition) is 6. The van der Waals surface area contributed by atoms with Crippen molar-refractivity contribution in [2.24, 2.45) is 0 Å². The Kier molecular flexibility index (Phi) is 4.92. The summed E-state index contributed by atoms with van der Waals surface area (Å²) in [6, 6.07) is 8.11. The molecule has 0 aromatic heterocycles. The Balaban J connectivity index is 1.96. The van der Waals surface area contributed by atoms with Crippen molar-refractivity contribution in [3.05, 3.63) is 35.9 Å². The molecular formula is C14H19NO6. The lowest BCUT2D eigenvalue weighted by Gasteiger charge is -2.27. The normalized spacial score (nSPS) is 30.2. The quantitative estimate of drug-likeness (QED) is 0.443. The molecule has 1 aromatic rings. The molecule has 1 saturated heterocycles. The van der Waals surface area contributed by atoms with Gasteiger partial charge in [0.1, 0.15) is 18.2 Å². The van der Waals surface area contributed by atoms with Gasteiger partial charge in [-0.05, 0) is 12.0 Å². The van der Waals surface area contributed by atoms with Crippen molar-refractivity contribution < 1.29 is 30.0 Å². The van der Waals surface area contributed by atoms with E-state index in [9.17, 15) is 25.2 Å². The van der Waals surface area contributed by atoms with Gasteiger partial charge in [0.25, 0.3) is 0 Å². The first-order valence-corrected chi connectivity index (χ1v) is 6.65. The molecule has 7 nitrogen and oxygen atoms in total. The largest absolute Gasteiger partial charge is 0.480 e. The van der Waals surface area contributed by atoms with Crippen molar-refractivity contribution in [3.8, 4) is 0 Å². The van der Waals surface area contributed by atoms with E-state index in [-0.39, 0.29) is 19.6 Å². The topological polar surface area (TPSA) is 119 Å². The van der Waals surface area contributed by atoms with Gasteiger partial charge < -0.3 is 25.2 Å². The van der Waals surface area contributed by atoms with E-state index in [1.807, 2.05) is 18.2 Å². The maximum Gasteiger partial charge on any atom is 0.321 e. The first kappa shape index (κ1) is 15.9. The molecule has 4 atom stereocenters. The lowest BCUT2D eigenvalue weighted by Crippen LogP contribution is -2.54. The van der Waals surface area contributed by atoms with E-state index >= 15 is 0 Å². The fourth-order valence-electron chi connectivity index (χ4n) is 2.23. The molecule has 1 aliphatic rings. The molecule has 1 heterocycles. The molecule has 0 bridgehead atoms. The molecule has 3 unspecified atom stereocenters. The third-order valence-corrected chi connectivity index (χ3v) is 3.51. The summed E-state index contributed by atoms with van der Waals surface area (Å²) in [4.78, 5) is 11.3. The molecule has 5 N–H and O–H groups in total. The number of ether oxygens (including phenoxy) is 1. The van der Waals surface area contributed by atoms with Crippen LogP contribution in [0.15, 0.2) is 30.3 Å². The van der Waals surface area contributed by atoms with Crippen LogP contribution >= 0.6 is 0 Å². The molecule has 0 aliphatic carbocycles. The van der Waals surface area contributed by atoms with E-state index in [0.29, 0.717) is 0 Å². The number of rotatable bonds is 6. The van der Waals surface area contributed by atoms with Crippen LogP contribution in [-0.4, -0.2) is 63.6 Å². The van der Waals surface area contributed by atoms with Crippen LogP contribution in [0.25, 0.3) is 0 Å². The van der Waals surface area contributed by atoms with Crippen LogP contribution < -0.4 is 5.32 Å². The molecule has 7 heteroatoms. The monoisotopic (exact) mass is 297 g/mol. The Labute approximate surface area is 121 Å². The van der Waals surface area contributed by atoms with Crippen molar-refractivity contribution in [1.29, 1.82) is 0 Å². The summed E-state index contributed by atoms with van der Waals surface area (Å²) in [6.07, 6.45) is -2.43. The third-order valence-electron chi connectivity index (χ3n) is 3.51. The van der Waals surface area contributed by atoms with Crippen LogP contribution in [0.2, 0.25) is 0 Å². The second-order valence-electron chi connectivity index (χ2n) is 5.13. The predicted molar refractivity (Wildman–Crippen MR) is 72.5 cm³/mol. The second-order valence-corrected chi connectivity index (χ2v) is 5.13. The van der Waals surface area contributed by atoms with E-state index in [0.717, 1.165) is 5.56 Å². The summed E-state index contributed by atoms with van der Waals surface area (Å²) in [7, 11) is 0. The van der Waals surface area contributed by atoms with Crippen molar-refractivity contribution in [1.82, 2.24) is 5.32 Å². The maximum absolute atomic E-state index is 11.3. The number of nitrogens with one attached hydrogen (secondary N) is 1. The molecule has 21 heavy (non-hydrogen) atoms. The Morgan fingerprint density at radius 3 is 2.57 bits per heavy atom. The zero-order chi connectivity index (χ0) is 15.5. The van der Waals surface area contributed by atoms with Gasteiger partial charge in [-0.2, -0.15) is 0 Å². The van der Waals surface area contributed by atoms with Gasteiger partial charge in [0.05, 0.1) is 13.2 Å². The van der Waals surface area contributed by atoms with E-state index in [1.165, 1.54) is 0 Å². The third kappa shape index (κ3) is 3.78. The number of benzene rings is 1. The molecule has 0 radical (unpaired) electrons.